The smallest absolute Gasteiger partial charge is 0.123 e. The fourth-order valence-corrected chi connectivity index (χ4v) is 2.03. The Labute approximate surface area is 97.5 Å². The number of aromatic amines is 1. The minimum Gasteiger partial charge on any atom is -0.382 e. The van der Waals surface area contributed by atoms with E-state index in [4.69, 9.17) is 0 Å². The Morgan fingerprint density at radius 1 is 1.24 bits per heavy atom. The maximum Gasteiger partial charge on any atom is 0.123 e. The second-order valence-corrected chi connectivity index (χ2v) is 4.30. The summed E-state index contributed by atoms with van der Waals surface area (Å²) in [6.45, 7) is 1.03. The van der Waals surface area contributed by atoms with Crippen LogP contribution < -0.4 is 5.32 Å². The molecule has 0 unspecified atom stereocenters. The van der Waals surface area contributed by atoms with Gasteiger partial charge in [-0.2, -0.15) is 5.10 Å². The Morgan fingerprint density at radius 2 is 1.94 bits per heavy atom. The van der Waals surface area contributed by atoms with Crippen molar-refractivity contribution in [1.82, 2.24) is 15.5 Å². The molecule has 2 heterocycles. The lowest BCUT2D eigenvalue weighted by molar-refractivity contribution is -0.0141. The first-order chi connectivity index (χ1) is 8.19. The molecule has 0 spiro atoms. The predicted octanol–water partition coefficient (Wildman–Crippen LogP) is 1.01. The van der Waals surface area contributed by atoms with Gasteiger partial charge in [0.25, 0.3) is 0 Å². The van der Waals surface area contributed by atoms with Gasteiger partial charge in [-0.25, -0.2) is 4.39 Å². The molecule has 3 N–H and O–H groups in total. The third-order valence-corrected chi connectivity index (χ3v) is 3.11. The van der Waals surface area contributed by atoms with Crippen LogP contribution in [-0.4, -0.2) is 28.4 Å². The van der Waals surface area contributed by atoms with Crippen LogP contribution in [0.5, 0.6) is 0 Å². The highest BCUT2D eigenvalue weighted by atomic mass is 19.1. The number of nitrogens with one attached hydrogen (secondary N) is 2. The van der Waals surface area contributed by atoms with Crippen molar-refractivity contribution in [3.8, 4) is 11.3 Å². The summed E-state index contributed by atoms with van der Waals surface area (Å²) in [5.41, 5.74) is 1.45. The summed E-state index contributed by atoms with van der Waals surface area (Å²) in [5.74, 6) is -0.279. The molecule has 1 aromatic carbocycles. The number of aromatic nitrogens is 2. The first-order valence-corrected chi connectivity index (χ1v) is 5.42. The summed E-state index contributed by atoms with van der Waals surface area (Å²) >= 11 is 0. The van der Waals surface area contributed by atoms with Gasteiger partial charge in [-0.1, -0.05) is 0 Å². The van der Waals surface area contributed by atoms with Gasteiger partial charge in [-0.3, -0.25) is 5.10 Å². The van der Waals surface area contributed by atoms with Crippen molar-refractivity contribution in [2.45, 2.75) is 5.60 Å². The summed E-state index contributed by atoms with van der Waals surface area (Å²) in [6.07, 6.45) is 1.62. The largest absolute Gasteiger partial charge is 0.382 e. The molecule has 1 saturated heterocycles. The van der Waals surface area contributed by atoms with E-state index in [0.29, 0.717) is 13.1 Å². The molecule has 5 heteroatoms. The van der Waals surface area contributed by atoms with Crippen LogP contribution in [0, 0.1) is 5.82 Å². The van der Waals surface area contributed by atoms with Crippen LogP contribution >= 0.6 is 0 Å². The van der Waals surface area contributed by atoms with Gasteiger partial charge < -0.3 is 10.4 Å². The van der Waals surface area contributed by atoms with Gasteiger partial charge in [0, 0.05) is 24.2 Å². The molecule has 17 heavy (non-hydrogen) atoms. The number of aliphatic hydroxyl groups is 1. The van der Waals surface area contributed by atoms with E-state index in [1.807, 2.05) is 0 Å². The molecular weight excluding hydrogens is 221 g/mol. The molecular formula is C12H12FN3O. The monoisotopic (exact) mass is 233 g/mol. The highest BCUT2D eigenvalue weighted by Gasteiger charge is 2.39. The highest BCUT2D eigenvalue weighted by Crippen LogP contribution is 2.32. The van der Waals surface area contributed by atoms with E-state index in [1.54, 1.807) is 18.3 Å². The first kappa shape index (κ1) is 10.4. The topological polar surface area (TPSA) is 60.9 Å². The molecule has 1 aliphatic rings. The van der Waals surface area contributed by atoms with Crippen molar-refractivity contribution in [2.75, 3.05) is 13.1 Å². The van der Waals surface area contributed by atoms with Crippen LogP contribution in [0.15, 0.2) is 30.5 Å². The molecule has 0 saturated carbocycles. The summed E-state index contributed by atoms with van der Waals surface area (Å²) in [6, 6.07) is 6.12. The molecule has 88 valence electrons. The first-order valence-electron chi connectivity index (χ1n) is 5.42. The molecule has 0 atom stereocenters. The highest BCUT2D eigenvalue weighted by molar-refractivity contribution is 5.64. The predicted molar refractivity (Wildman–Crippen MR) is 60.7 cm³/mol. The zero-order chi connectivity index (χ0) is 11.9. The lowest BCUT2D eigenvalue weighted by Crippen LogP contribution is -2.56. The summed E-state index contributed by atoms with van der Waals surface area (Å²) < 4.78 is 12.9. The van der Waals surface area contributed by atoms with Gasteiger partial charge in [0.2, 0.25) is 0 Å². The maximum absolute atomic E-state index is 12.9. The summed E-state index contributed by atoms with van der Waals surface area (Å²) in [4.78, 5) is 0. The standard InChI is InChI=1S/C12H12FN3O/c13-9-3-1-8(2-4-9)11-10(5-15-16-11)12(17)6-14-7-12/h1-5,14,17H,6-7H2,(H,15,16). The third kappa shape index (κ3) is 1.64. The summed E-state index contributed by atoms with van der Waals surface area (Å²) in [7, 11) is 0. The lowest BCUT2D eigenvalue weighted by atomic mass is 9.87. The maximum atomic E-state index is 12.9. The van der Waals surface area contributed by atoms with Crippen molar-refractivity contribution in [3.05, 3.63) is 41.8 Å². The Hall–Kier alpha value is -1.72. The van der Waals surface area contributed by atoms with E-state index >= 15 is 0 Å². The lowest BCUT2D eigenvalue weighted by Gasteiger charge is -2.37. The zero-order valence-electron chi connectivity index (χ0n) is 9.07. The second kappa shape index (κ2) is 3.65. The van der Waals surface area contributed by atoms with Crippen LogP contribution in [0.1, 0.15) is 5.56 Å². The van der Waals surface area contributed by atoms with Gasteiger partial charge >= 0.3 is 0 Å². The minimum absolute atomic E-state index is 0.279. The number of hydrogen-bond acceptors (Lipinski definition) is 3. The Morgan fingerprint density at radius 3 is 2.53 bits per heavy atom. The normalized spacial score (nSPS) is 17.8. The molecule has 1 aromatic heterocycles. The molecule has 4 nitrogen and oxygen atoms in total. The molecule has 3 rings (SSSR count). The van der Waals surface area contributed by atoms with E-state index in [-0.39, 0.29) is 5.82 Å². The van der Waals surface area contributed by atoms with E-state index < -0.39 is 5.60 Å². The average Bonchev–Trinajstić information content (AvgIpc) is 2.76. The van der Waals surface area contributed by atoms with E-state index in [0.717, 1.165) is 16.8 Å². The van der Waals surface area contributed by atoms with Gasteiger partial charge in [0.05, 0.1) is 11.9 Å². The number of nitrogens with zero attached hydrogens (tertiary/aromatic N) is 1. The Balaban J connectivity index is 2.04. The van der Waals surface area contributed by atoms with E-state index in [1.165, 1.54) is 12.1 Å². The zero-order valence-corrected chi connectivity index (χ0v) is 9.07. The number of hydrogen-bond donors (Lipinski definition) is 3. The third-order valence-electron chi connectivity index (χ3n) is 3.11. The number of benzene rings is 1. The Bertz CT molecular complexity index is 531. The average molecular weight is 233 g/mol. The van der Waals surface area contributed by atoms with Crippen molar-refractivity contribution < 1.29 is 9.50 Å². The van der Waals surface area contributed by atoms with Crippen LogP contribution in [0.4, 0.5) is 4.39 Å². The summed E-state index contributed by atoms with van der Waals surface area (Å²) in [5, 5.41) is 20.1. The van der Waals surface area contributed by atoms with Crippen LogP contribution in [0.2, 0.25) is 0 Å². The molecule has 2 aromatic rings. The van der Waals surface area contributed by atoms with Crippen LogP contribution in [-0.2, 0) is 5.60 Å². The molecule has 1 aliphatic heterocycles. The fourth-order valence-electron chi connectivity index (χ4n) is 2.03. The van der Waals surface area contributed by atoms with Crippen molar-refractivity contribution in [3.63, 3.8) is 0 Å². The van der Waals surface area contributed by atoms with E-state index in [9.17, 15) is 9.50 Å². The van der Waals surface area contributed by atoms with Crippen molar-refractivity contribution in [2.24, 2.45) is 0 Å². The number of β-amino-alcohol motifs (C(OH)–C–C–N with tert-alkyl or cyclic N) is 1. The van der Waals surface area contributed by atoms with Gasteiger partial charge in [-0.05, 0) is 24.3 Å². The minimum atomic E-state index is -0.864. The fraction of sp³-hybridized carbons (Fsp3) is 0.250. The van der Waals surface area contributed by atoms with Gasteiger partial charge in [0.1, 0.15) is 11.4 Å². The Kier molecular flexibility index (Phi) is 2.24. The van der Waals surface area contributed by atoms with Crippen molar-refractivity contribution in [1.29, 1.82) is 0 Å². The van der Waals surface area contributed by atoms with Crippen LogP contribution in [0.3, 0.4) is 0 Å². The number of H-pyrrole nitrogens is 1. The van der Waals surface area contributed by atoms with E-state index in [2.05, 4.69) is 15.5 Å². The molecule has 1 fully saturated rings. The van der Waals surface area contributed by atoms with Gasteiger partial charge in [-0.15, -0.1) is 0 Å². The number of rotatable bonds is 2. The molecule has 0 radical (unpaired) electrons. The SMILES string of the molecule is OC1(c2cn[nH]c2-c2ccc(F)cc2)CNC1. The number of halogens is 1. The molecule has 0 amide bonds. The van der Waals surface area contributed by atoms with Crippen molar-refractivity contribution >= 4 is 0 Å². The van der Waals surface area contributed by atoms with Crippen LogP contribution in [0.25, 0.3) is 11.3 Å². The quantitative estimate of drug-likeness (QED) is 0.725. The second-order valence-electron chi connectivity index (χ2n) is 4.30. The molecule has 0 bridgehead atoms. The van der Waals surface area contributed by atoms with Gasteiger partial charge in [0.15, 0.2) is 0 Å². The molecule has 0 aliphatic carbocycles.